The van der Waals surface area contributed by atoms with Crippen molar-refractivity contribution in [3.05, 3.63) is 162 Å². The minimum Gasteiger partial charge on any atom is -0.114 e. The average Bonchev–Trinajstić information content (AvgIpc) is 3.47. The van der Waals surface area contributed by atoms with Crippen LogP contribution in [-0.2, 0) is 5.41 Å². The summed E-state index contributed by atoms with van der Waals surface area (Å²) in [6.07, 6.45) is 0. The first kappa shape index (κ1) is 23.5. The smallest absolute Gasteiger partial charge is 0.114 e. The monoisotopic (exact) mass is 537 g/mol. The zero-order valence-electron chi connectivity index (χ0n) is 23.7. The van der Waals surface area contributed by atoms with Gasteiger partial charge in [0, 0.05) is 22.3 Å². The summed E-state index contributed by atoms with van der Waals surface area (Å²) in [6.45, 7) is 4.72. The van der Waals surface area contributed by atoms with Crippen molar-refractivity contribution in [1.82, 2.24) is 9.36 Å². The molecule has 2 heterocycles. The summed E-state index contributed by atoms with van der Waals surface area (Å²) in [5.41, 5.74) is 15.4. The van der Waals surface area contributed by atoms with Crippen LogP contribution in [0.15, 0.2) is 140 Å². The van der Waals surface area contributed by atoms with E-state index in [-0.39, 0.29) is 5.41 Å². The van der Waals surface area contributed by atoms with Crippen molar-refractivity contribution in [2.45, 2.75) is 19.3 Å². The van der Waals surface area contributed by atoms with Gasteiger partial charge in [0.05, 0.1) is 5.56 Å². The molecule has 0 atom stereocenters. The molecule has 2 nitrogen and oxygen atoms in total. The highest BCUT2D eigenvalue weighted by Crippen LogP contribution is 2.53. The Hall–Kier alpha value is -5.21. The molecule has 0 unspecified atom stereocenters. The summed E-state index contributed by atoms with van der Waals surface area (Å²) >= 11 is 0. The summed E-state index contributed by atoms with van der Waals surface area (Å²) in [7, 11) is 0. The van der Waals surface area contributed by atoms with Crippen LogP contribution in [-0.4, -0.2) is 10.4 Å². The fourth-order valence-corrected chi connectivity index (χ4v) is 7.42. The van der Waals surface area contributed by atoms with E-state index in [1.807, 2.05) is 0 Å². The molecule has 0 spiro atoms. The van der Waals surface area contributed by atoms with Crippen LogP contribution in [0.3, 0.4) is 0 Å². The molecule has 1 aromatic heterocycles. The molecule has 0 saturated heterocycles. The van der Waals surface area contributed by atoms with E-state index in [4.69, 9.17) is 0 Å². The van der Waals surface area contributed by atoms with E-state index < -0.39 is 0 Å². The van der Waals surface area contributed by atoms with Crippen molar-refractivity contribution in [2.24, 2.45) is 0 Å². The fraction of sp³-hybridized carbons (Fsp3) is 0.0750. The minimum atomic E-state index is -0.0372. The standard InChI is InChI=1S/C40H29N2/c1-40(2)32-17-9-6-14-29(32)37-33(40)24-25-36-38(37)30-15-7-10-18-34(30)41(36)42-35-19-11-8-16-31(35)39(42)28-22-20-27(21-23-28)26-12-4-3-5-13-26/h3-25H,1-2H3/q+1. The zero-order valence-corrected chi connectivity index (χ0v) is 23.7. The first-order valence-electron chi connectivity index (χ1n) is 14.7. The van der Waals surface area contributed by atoms with E-state index in [2.05, 4.69) is 163 Å². The van der Waals surface area contributed by atoms with Crippen LogP contribution < -0.4 is 4.68 Å². The highest BCUT2D eigenvalue weighted by atomic mass is 15.5. The molecule has 2 heteroatoms. The van der Waals surface area contributed by atoms with Crippen LogP contribution in [0.5, 0.6) is 0 Å². The topological polar surface area (TPSA) is 7.94 Å². The molecule has 0 saturated carbocycles. The SMILES string of the molecule is CC1(C)c2ccccc2-c2c1ccc1c2c2ccccc2n1[N+]1=C(c2ccc(-c3ccccc3)cc2)c2ccccc21. The van der Waals surface area contributed by atoms with Crippen LogP contribution in [0, 0.1) is 0 Å². The number of nitrogens with zero attached hydrogens (tertiary/aromatic N) is 2. The van der Waals surface area contributed by atoms with Crippen molar-refractivity contribution in [2.75, 3.05) is 0 Å². The van der Waals surface area contributed by atoms with Crippen LogP contribution in [0.2, 0.25) is 0 Å². The Morgan fingerprint density at radius 1 is 0.500 bits per heavy atom. The molecular weight excluding hydrogens is 508 g/mol. The maximum Gasteiger partial charge on any atom is 0.258 e. The van der Waals surface area contributed by atoms with Gasteiger partial charge in [-0.2, -0.15) is 0 Å². The van der Waals surface area contributed by atoms with Crippen LogP contribution >= 0.6 is 0 Å². The van der Waals surface area contributed by atoms with Gasteiger partial charge in [0.25, 0.3) is 11.4 Å². The van der Waals surface area contributed by atoms with Crippen molar-refractivity contribution >= 4 is 33.2 Å². The van der Waals surface area contributed by atoms with Gasteiger partial charge in [-0.1, -0.05) is 122 Å². The Morgan fingerprint density at radius 2 is 1.14 bits per heavy atom. The highest BCUT2D eigenvalue weighted by molar-refractivity contribution is 6.24. The molecule has 0 fully saturated rings. The van der Waals surface area contributed by atoms with Gasteiger partial charge in [-0.05, 0) is 63.7 Å². The summed E-state index contributed by atoms with van der Waals surface area (Å²) in [6, 6.07) is 51.0. The molecule has 0 amide bonds. The van der Waals surface area contributed by atoms with Crippen molar-refractivity contribution < 1.29 is 0 Å². The van der Waals surface area contributed by atoms with E-state index in [1.165, 1.54) is 77.7 Å². The predicted octanol–water partition coefficient (Wildman–Crippen LogP) is 9.59. The first-order valence-corrected chi connectivity index (χ1v) is 14.7. The largest absolute Gasteiger partial charge is 0.258 e. The second kappa shape index (κ2) is 8.41. The molecule has 6 aromatic carbocycles. The van der Waals surface area contributed by atoms with Crippen LogP contribution in [0.25, 0.3) is 44.1 Å². The molecule has 198 valence electrons. The molecule has 1 aliphatic carbocycles. The van der Waals surface area contributed by atoms with Gasteiger partial charge in [0.2, 0.25) is 0 Å². The second-order valence-corrected chi connectivity index (χ2v) is 12.0. The van der Waals surface area contributed by atoms with Gasteiger partial charge >= 0.3 is 0 Å². The van der Waals surface area contributed by atoms with Gasteiger partial charge in [0.15, 0.2) is 0 Å². The fourth-order valence-electron chi connectivity index (χ4n) is 7.42. The lowest BCUT2D eigenvalue weighted by molar-refractivity contribution is 0.660. The number of hydrogen-bond donors (Lipinski definition) is 0. The lowest BCUT2D eigenvalue weighted by Crippen LogP contribution is -2.37. The Labute approximate surface area is 245 Å². The summed E-state index contributed by atoms with van der Waals surface area (Å²) in [5.74, 6) is 0. The third kappa shape index (κ3) is 3.01. The summed E-state index contributed by atoms with van der Waals surface area (Å²) < 4.78 is 4.87. The van der Waals surface area contributed by atoms with Crippen LogP contribution in [0.4, 0.5) is 5.69 Å². The lowest BCUT2D eigenvalue weighted by atomic mass is 9.82. The van der Waals surface area contributed by atoms with E-state index >= 15 is 0 Å². The Morgan fingerprint density at radius 3 is 1.98 bits per heavy atom. The molecule has 42 heavy (non-hydrogen) atoms. The van der Waals surface area contributed by atoms with Gasteiger partial charge < -0.3 is 0 Å². The Bertz CT molecular complexity index is 2250. The van der Waals surface area contributed by atoms with Gasteiger partial charge in [0.1, 0.15) is 16.6 Å². The van der Waals surface area contributed by atoms with Crippen molar-refractivity contribution in [3.8, 4) is 22.3 Å². The number of para-hydroxylation sites is 2. The second-order valence-electron chi connectivity index (χ2n) is 12.0. The molecule has 0 N–H and O–H groups in total. The maximum absolute atomic E-state index is 2.45. The highest BCUT2D eigenvalue weighted by Gasteiger charge is 2.42. The van der Waals surface area contributed by atoms with Gasteiger partial charge in [-0.25, -0.2) is 0 Å². The molecule has 1 aliphatic heterocycles. The molecule has 2 aliphatic rings. The van der Waals surface area contributed by atoms with Gasteiger partial charge in [-0.3, -0.25) is 0 Å². The molecular formula is C40H29N2+. The minimum absolute atomic E-state index is 0.0372. The first-order chi connectivity index (χ1) is 20.6. The lowest BCUT2D eigenvalue weighted by Gasteiger charge is -2.22. The number of rotatable bonds is 3. The molecule has 0 bridgehead atoms. The quantitative estimate of drug-likeness (QED) is 0.198. The number of hydrogen-bond acceptors (Lipinski definition) is 0. The third-order valence-corrected chi connectivity index (χ3v) is 9.42. The third-order valence-electron chi connectivity index (χ3n) is 9.42. The Balaban J connectivity index is 1.34. The molecule has 0 radical (unpaired) electrons. The number of fused-ring (bicyclic) bond motifs is 8. The van der Waals surface area contributed by atoms with E-state index in [9.17, 15) is 0 Å². The zero-order chi connectivity index (χ0) is 28.0. The van der Waals surface area contributed by atoms with E-state index in [1.54, 1.807) is 0 Å². The predicted molar refractivity (Wildman–Crippen MR) is 176 cm³/mol. The summed E-state index contributed by atoms with van der Waals surface area (Å²) in [5, 5.41) is 2.63. The average molecular weight is 538 g/mol. The maximum atomic E-state index is 2.45. The van der Waals surface area contributed by atoms with Gasteiger partial charge in [-0.15, -0.1) is 4.68 Å². The summed E-state index contributed by atoms with van der Waals surface area (Å²) in [4.78, 5) is 0. The van der Waals surface area contributed by atoms with E-state index in [0.29, 0.717) is 0 Å². The number of aromatic nitrogens is 1. The number of benzene rings is 6. The Kier molecular flexibility index (Phi) is 4.70. The van der Waals surface area contributed by atoms with Crippen LogP contribution in [0.1, 0.15) is 36.1 Å². The van der Waals surface area contributed by atoms with Crippen molar-refractivity contribution in [3.63, 3.8) is 0 Å². The normalized spacial score (nSPS) is 14.5. The van der Waals surface area contributed by atoms with E-state index in [0.717, 1.165) is 0 Å². The molecule has 7 aromatic rings. The molecule has 9 rings (SSSR count). The van der Waals surface area contributed by atoms with Crippen molar-refractivity contribution in [1.29, 1.82) is 0 Å².